The third-order valence-electron chi connectivity index (χ3n) is 2.96. The molecule has 0 heterocycles. The van der Waals surface area contributed by atoms with Crippen LogP contribution in [0.15, 0.2) is 54.6 Å². The van der Waals surface area contributed by atoms with Gasteiger partial charge in [-0.05, 0) is 36.2 Å². The Morgan fingerprint density at radius 3 is 2.45 bits per heavy atom. The predicted octanol–water partition coefficient (Wildman–Crippen LogP) is 2.72. The lowest BCUT2D eigenvalue weighted by atomic mass is 10.1. The second kappa shape index (κ2) is 8.48. The summed E-state index contributed by atoms with van der Waals surface area (Å²) in [5.41, 5.74) is 1.89. The highest BCUT2D eigenvalue weighted by Gasteiger charge is 1.97. The molecule has 0 radical (unpaired) electrons. The van der Waals surface area contributed by atoms with Crippen LogP contribution in [0.5, 0.6) is 0 Å². The topological polar surface area (TPSA) is 41.1 Å². The van der Waals surface area contributed by atoms with E-state index in [-0.39, 0.29) is 18.4 Å². The van der Waals surface area contributed by atoms with Gasteiger partial charge in [-0.25, -0.2) is 9.18 Å². The normalized spacial score (nSPS) is 9.50. The molecular formula is C18H17FN2O. The quantitative estimate of drug-likeness (QED) is 0.837. The highest BCUT2D eigenvalue weighted by molar-refractivity contribution is 5.74. The Morgan fingerprint density at radius 1 is 1.00 bits per heavy atom. The van der Waals surface area contributed by atoms with Crippen LogP contribution >= 0.6 is 0 Å². The summed E-state index contributed by atoms with van der Waals surface area (Å²) in [5.74, 6) is 5.38. The number of halogens is 1. The molecule has 0 aliphatic carbocycles. The lowest BCUT2D eigenvalue weighted by molar-refractivity contribution is 0.242. The summed E-state index contributed by atoms with van der Waals surface area (Å²) in [6.07, 6.45) is 0.787. The van der Waals surface area contributed by atoms with Crippen molar-refractivity contribution in [3.63, 3.8) is 0 Å². The minimum Gasteiger partial charge on any atom is -0.338 e. The summed E-state index contributed by atoms with van der Waals surface area (Å²) in [7, 11) is 0. The van der Waals surface area contributed by atoms with Gasteiger partial charge in [0.2, 0.25) is 0 Å². The molecule has 0 aliphatic heterocycles. The Hall–Kier alpha value is -2.80. The predicted molar refractivity (Wildman–Crippen MR) is 84.8 cm³/mol. The molecule has 0 fully saturated rings. The van der Waals surface area contributed by atoms with E-state index in [1.807, 2.05) is 30.3 Å². The average Bonchev–Trinajstić information content (AvgIpc) is 2.54. The smallest absolute Gasteiger partial charge is 0.315 e. The van der Waals surface area contributed by atoms with E-state index in [1.54, 1.807) is 12.1 Å². The number of nitrogens with one attached hydrogen (secondary N) is 2. The first kappa shape index (κ1) is 15.6. The van der Waals surface area contributed by atoms with Crippen LogP contribution in [0, 0.1) is 17.7 Å². The first-order valence-electron chi connectivity index (χ1n) is 7.04. The molecule has 2 aromatic rings. The maximum Gasteiger partial charge on any atom is 0.315 e. The lowest BCUT2D eigenvalue weighted by Crippen LogP contribution is -2.36. The van der Waals surface area contributed by atoms with Gasteiger partial charge in [0, 0.05) is 12.1 Å². The molecule has 4 heteroatoms. The number of amides is 2. The first-order chi connectivity index (χ1) is 10.7. The minimum atomic E-state index is -0.290. The molecule has 0 atom stereocenters. The molecule has 0 aromatic heterocycles. The Bertz CT molecular complexity index is 657. The van der Waals surface area contributed by atoms with Gasteiger partial charge >= 0.3 is 6.03 Å². The molecule has 0 aliphatic rings. The van der Waals surface area contributed by atoms with Crippen LogP contribution in [-0.2, 0) is 6.42 Å². The first-order valence-corrected chi connectivity index (χ1v) is 7.04. The Labute approximate surface area is 129 Å². The number of urea groups is 1. The van der Waals surface area contributed by atoms with Crippen molar-refractivity contribution < 1.29 is 9.18 Å². The number of hydrogen-bond donors (Lipinski definition) is 2. The van der Waals surface area contributed by atoms with Gasteiger partial charge in [-0.15, -0.1) is 0 Å². The van der Waals surface area contributed by atoms with Gasteiger partial charge in [0.15, 0.2) is 0 Å². The number of hydrogen-bond acceptors (Lipinski definition) is 1. The molecule has 22 heavy (non-hydrogen) atoms. The molecule has 2 rings (SSSR count). The van der Waals surface area contributed by atoms with Crippen molar-refractivity contribution in [2.75, 3.05) is 13.1 Å². The van der Waals surface area contributed by atoms with E-state index in [1.165, 1.54) is 17.7 Å². The zero-order valence-corrected chi connectivity index (χ0v) is 12.1. The van der Waals surface area contributed by atoms with Crippen molar-refractivity contribution in [1.29, 1.82) is 0 Å². The van der Waals surface area contributed by atoms with Crippen molar-refractivity contribution in [2.24, 2.45) is 0 Å². The average molecular weight is 296 g/mol. The van der Waals surface area contributed by atoms with Crippen LogP contribution in [0.3, 0.4) is 0 Å². The van der Waals surface area contributed by atoms with E-state index in [0.717, 1.165) is 6.42 Å². The van der Waals surface area contributed by atoms with E-state index in [4.69, 9.17) is 0 Å². The van der Waals surface area contributed by atoms with Crippen LogP contribution in [0.4, 0.5) is 9.18 Å². The molecule has 0 bridgehead atoms. The molecular weight excluding hydrogens is 279 g/mol. The fourth-order valence-corrected chi connectivity index (χ4v) is 1.83. The molecule has 0 spiro atoms. The van der Waals surface area contributed by atoms with E-state index < -0.39 is 0 Å². The Kier molecular flexibility index (Phi) is 6.01. The molecule has 2 amide bonds. The highest BCUT2D eigenvalue weighted by atomic mass is 19.1. The number of carbonyl (C=O) groups excluding carboxylic acids is 1. The van der Waals surface area contributed by atoms with Gasteiger partial charge in [-0.3, -0.25) is 0 Å². The molecule has 0 saturated heterocycles. The van der Waals surface area contributed by atoms with Gasteiger partial charge in [-0.2, -0.15) is 0 Å². The zero-order valence-electron chi connectivity index (χ0n) is 12.1. The van der Waals surface area contributed by atoms with Crippen LogP contribution in [-0.4, -0.2) is 19.1 Å². The summed E-state index contributed by atoms with van der Waals surface area (Å²) in [6.45, 7) is 0.815. The third kappa shape index (κ3) is 5.68. The summed E-state index contributed by atoms with van der Waals surface area (Å²) in [5, 5.41) is 5.42. The van der Waals surface area contributed by atoms with Crippen molar-refractivity contribution >= 4 is 6.03 Å². The maximum atomic E-state index is 12.7. The second-order valence-corrected chi connectivity index (χ2v) is 4.65. The lowest BCUT2D eigenvalue weighted by Gasteiger charge is -2.05. The van der Waals surface area contributed by atoms with Crippen molar-refractivity contribution in [3.05, 3.63) is 71.5 Å². The zero-order chi connectivity index (χ0) is 15.6. The second-order valence-electron chi connectivity index (χ2n) is 4.65. The number of rotatable bonds is 4. The highest BCUT2D eigenvalue weighted by Crippen LogP contribution is 2.00. The van der Waals surface area contributed by atoms with E-state index in [2.05, 4.69) is 22.5 Å². The standard InChI is InChI=1S/C18H17FN2O/c19-17-10-8-16(9-11-17)7-4-13-20-18(22)21-14-12-15-5-2-1-3-6-15/h1-3,5-6,8-11H,12-14H2,(H2,20,21,22). The molecule has 3 nitrogen and oxygen atoms in total. The van der Waals surface area contributed by atoms with Crippen LogP contribution < -0.4 is 10.6 Å². The SMILES string of the molecule is O=C(NCC#Cc1ccc(F)cc1)NCCc1ccccc1. The maximum absolute atomic E-state index is 12.7. The van der Waals surface area contributed by atoms with Crippen molar-refractivity contribution in [1.82, 2.24) is 10.6 Å². The minimum absolute atomic E-state index is 0.245. The summed E-state index contributed by atoms with van der Waals surface area (Å²) < 4.78 is 12.7. The van der Waals surface area contributed by atoms with Gasteiger partial charge in [-0.1, -0.05) is 42.2 Å². The fraction of sp³-hybridized carbons (Fsp3) is 0.167. The van der Waals surface area contributed by atoms with Crippen LogP contribution in [0.1, 0.15) is 11.1 Å². The monoisotopic (exact) mass is 296 g/mol. The molecule has 0 saturated carbocycles. The third-order valence-corrected chi connectivity index (χ3v) is 2.96. The summed E-state index contributed by atoms with van der Waals surface area (Å²) >= 11 is 0. The van der Waals surface area contributed by atoms with Crippen molar-refractivity contribution in [2.45, 2.75) is 6.42 Å². The van der Waals surface area contributed by atoms with Gasteiger partial charge in [0.05, 0.1) is 6.54 Å². The Balaban J connectivity index is 1.65. The van der Waals surface area contributed by atoms with E-state index >= 15 is 0 Å². The number of carbonyl (C=O) groups is 1. The molecule has 2 N–H and O–H groups in total. The number of benzene rings is 2. The van der Waals surface area contributed by atoms with Crippen molar-refractivity contribution in [3.8, 4) is 11.8 Å². The molecule has 2 aromatic carbocycles. The van der Waals surface area contributed by atoms with E-state index in [9.17, 15) is 9.18 Å². The molecule has 0 unspecified atom stereocenters. The van der Waals surface area contributed by atoms with Gasteiger partial charge in [0.1, 0.15) is 5.82 Å². The van der Waals surface area contributed by atoms with Gasteiger partial charge in [0.25, 0.3) is 0 Å². The Morgan fingerprint density at radius 2 is 1.73 bits per heavy atom. The van der Waals surface area contributed by atoms with Crippen LogP contribution in [0.2, 0.25) is 0 Å². The molecule has 112 valence electrons. The summed E-state index contributed by atoms with van der Waals surface area (Å²) in [6, 6.07) is 15.6. The largest absolute Gasteiger partial charge is 0.338 e. The van der Waals surface area contributed by atoms with Gasteiger partial charge < -0.3 is 10.6 Å². The van der Waals surface area contributed by atoms with Crippen LogP contribution in [0.25, 0.3) is 0 Å². The van der Waals surface area contributed by atoms with E-state index in [0.29, 0.717) is 12.1 Å². The summed E-state index contributed by atoms with van der Waals surface area (Å²) in [4.78, 5) is 11.5. The fourth-order valence-electron chi connectivity index (χ4n) is 1.83.